The Morgan fingerprint density at radius 3 is 2.78 bits per heavy atom. The highest BCUT2D eigenvalue weighted by molar-refractivity contribution is 5.13. The summed E-state index contributed by atoms with van der Waals surface area (Å²) in [5, 5.41) is 0. The minimum Gasteiger partial charge on any atom is -0.374 e. The Morgan fingerprint density at radius 1 is 1.39 bits per heavy atom. The molecular weight excluding hydrogens is 228 g/mol. The molecule has 1 aliphatic rings. The van der Waals surface area contributed by atoms with Crippen molar-refractivity contribution in [3.8, 4) is 0 Å². The van der Waals surface area contributed by atoms with Crippen LogP contribution in [-0.2, 0) is 4.74 Å². The predicted molar refractivity (Wildman–Crippen MR) is 70.1 cm³/mol. The number of hydrogen-bond donors (Lipinski definition) is 1. The van der Waals surface area contributed by atoms with Crippen molar-refractivity contribution in [2.24, 2.45) is 5.73 Å². The van der Waals surface area contributed by atoms with Gasteiger partial charge in [-0.1, -0.05) is 0 Å². The van der Waals surface area contributed by atoms with Gasteiger partial charge in [0, 0.05) is 31.5 Å². The van der Waals surface area contributed by atoms with Crippen LogP contribution in [0.2, 0.25) is 0 Å². The van der Waals surface area contributed by atoms with E-state index in [9.17, 15) is 0 Å². The quantitative estimate of drug-likeness (QED) is 0.863. The highest BCUT2D eigenvalue weighted by Crippen LogP contribution is 2.22. The van der Waals surface area contributed by atoms with Crippen LogP contribution in [0.5, 0.6) is 0 Å². The first-order chi connectivity index (χ1) is 8.59. The largest absolute Gasteiger partial charge is 0.374 e. The average molecular weight is 250 g/mol. The van der Waals surface area contributed by atoms with Crippen LogP contribution in [0.3, 0.4) is 0 Å². The van der Waals surface area contributed by atoms with Crippen LogP contribution in [-0.4, -0.2) is 46.7 Å². The number of aromatic nitrogens is 2. The Morgan fingerprint density at radius 2 is 2.11 bits per heavy atom. The molecule has 0 spiro atoms. The van der Waals surface area contributed by atoms with Gasteiger partial charge in [0.1, 0.15) is 0 Å². The summed E-state index contributed by atoms with van der Waals surface area (Å²) in [6, 6.07) is 0.312. The van der Waals surface area contributed by atoms with Crippen molar-refractivity contribution < 1.29 is 4.74 Å². The van der Waals surface area contributed by atoms with E-state index >= 15 is 0 Å². The normalized spacial score (nSPS) is 24.8. The highest BCUT2D eigenvalue weighted by atomic mass is 16.5. The van der Waals surface area contributed by atoms with Gasteiger partial charge in [-0.25, -0.2) is 0 Å². The molecule has 1 saturated heterocycles. The predicted octanol–water partition coefficient (Wildman–Crippen LogP) is 0.894. The molecule has 0 bridgehead atoms. The van der Waals surface area contributed by atoms with Gasteiger partial charge in [-0.2, -0.15) is 0 Å². The highest BCUT2D eigenvalue weighted by Gasteiger charge is 2.28. The van der Waals surface area contributed by atoms with Gasteiger partial charge in [-0.3, -0.25) is 14.9 Å². The van der Waals surface area contributed by atoms with E-state index in [4.69, 9.17) is 10.5 Å². The van der Waals surface area contributed by atoms with Gasteiger partial charge in [0.2, 0.25) is 0 Å². The third-order valence-corrected chi connectivity index (χ3v) is 3.57. The van der Waals surface area contributed by atoms with Crippen LogP contribution in [0.25, 0.3) is 0 Å². The molecule has 2 heterocycles. The van der Waals surface area contributed by atoms with Gasteiger partial charge in [0.15, 0.2) is 0 Å². The zero-order chi connectivity index (χ0) is 13.1. The number of nitrogens with two attached hydrogens (primary N) is 1. The van der Waals surface area contributed by atoms with E-state index in [1.165, 1.54) is 0 Å². The second-order valence-corrected chi connectivity index (χ2v) is 4.97. The minimum atomic E-state index is 0.0583. The summed E-state index contributed by atoms with van der Waals surface area (Å²) in [5.41, 5.74) is 7.96. The Bertz CT molecular complexity index is 396. The van der Waals surface area contributed by atoms with E-state index in [2.05, 4.69) is 21.8 Å². The first kappa shape index (κ1) is 13.4. The SMILES string of the molecule is Cc1nccnc1C(C)N1CCOC(C(C)N)C1. The first-order valence-electron chi connectivity index (χ1n) is 6.48. The van der Waals surface area contributed by atoms with Crippen LogP contribution in [0.15, 0.2) is 12.4 Å². The van der Waals surface area contributed by atoms with Crippen molar-refractivity contribution in [1.82, 2.24) is 14.9 Å². The van der Waals surface area contributed by atoms with Gasteiger partial charge in [-0.15, -0.1) is 0 Å². The fourth-order valence-corrected chi connectivity index (χ4v) is 2.37. The lowest BCUT2D eigenvalue weighted by Gasteiger charge is -2.38. The van der Waals surface area contributed by atoms with Crippen LogP contribution in [0, 0.1) is 6.92 Å². The van der Waals surface area contributed by atoms with Crippen LogP contribution < -0.4 is 5.73 Å². The van der Waals surface area contributed by atoms with E-state index in [1.807, 2.05) is 13.8 Å². The van der Waals surface area contributed by atoms with Gasteiger partial charge in [-0.05, 0) is 20.8 Å². The molecule has 0 aliphatic carbocycles. The molecule has 5 heteroatoms. The second kappa shape index (κ2) is 5.73. The Balaban J connectivity index is 2.09. The van der Waals surface area contributed by atoms with Gasteiger partial charge in [0.05, 0.1) is 30.1 Å². The summed E-state index contributed by atoms with van der Waals surface area (Å²) >= 11 is 0. The maximum atomic E-state index is 5.92. The second-order valence-electron chi connectivity index (χ2n) is 4.97. The van der Waals surface area contributed by atoms with Crippen molar-refractivity contribution >= 4 is 0 Å². The molecule has 2 rings (SSSR count). The zero-order valence-electron chi connectivity index (χ0n) is 11.3. The summed E-state index contributed by atoms with van der Waals surface area (Å²) in [6.45, 7) is 8.67. The monoisotopic (exact) mass is 250 g/mol. The van der Waals surface area contributed by atoms with Gasteiger partial charge < -0.3 is 10.5 Å². The summed E-state index contributed by atoms with van der Waals surface area (Å²) in [7, 11) is 0. The van der Waals surface area contributed by atoms with Crippen molar-refractivity contribution in [3.63, 3.8) is 0 Å². The molecule has 0 amide bonds. The zero-order valence-corrected chi connectivity index (χ0v) is 11.3. The Labute approximate surface area is 108 Å². The standard InChI is InChI=1S/C13H22N4O/c1-9(14)12-8-17(6-7-18-12)11(3)13-10(2)15-4-5-16-13/h4-5,9,11-12H,6-8,14H2,1-3H3. The molecule has 1 aliphatic heterocycles. The lowest BCUT2D eigenvalue weighted by atomic mass is 10.1. The van der Waals surface area contributed by atoms with Crippen LogP contribution >= 0.6 is 0 Å². The minimum absolute atomic E-state index is 0.0583. The van der Waals surface area contributed by atoms with E-state index < -0.39 is 0 Å². The number of hydrogen-bond acceptors (Lipinski definition) is 5. The summed E-state index contributed by atoms with van der Waals surface area (Å²) in [5.74, 6) is 0. The first-order valence-corrected chi connectivity index (χ1v) is 6.48. The summed E-state index contributed by atoms with van der Waals surface area (Å²) < 4.78 is 5.68. The molecule has 2 N–H and O–H groups in total. The maximum absolute atomic E-state index is 5.92. The van der Waals surface area contributed by atoms with Crippen LogP contribution in [0.1, 0.15) is 31.3 Å². The average Bonchev–Trinajstić information content (AvgIpc) is 2.38. The smallest absolute Gasteiger partial charge is 0.0850 e. The number of morpholine rings is 1. The molecule has 3 unspecified atom stereocenters. The van der Waals surface area contributed by atoms with Crippen molar-refractivity contribution in [2.45, 2.75) is 39.0 Å². The fourth-order valence-electron chi connectivity index (χ4n) is 2.37. The molecular formula is C13H22N4O. The molecule has 5 nitrogen and oxygen atoms in total. The van der Waals surface area contributed by atoms with Gasteiger partial charge in [0.25, 0.3) is 0 Å². The van der Waals surface area contributed by atoms with Crippen molar-refractivity contribution in [2.75, 3.05) is 19.7 Å². The Kier molecular flexibility index (Phi) is 4.27. The van der Waals surface area contributed by atoms with Gasteiger partial charge >= 0.3 is 0 Å². The molecule has 1 fully saturated rings. The molecule has 1 aromatic heterocycles. The number of rotatable bonds is 3. The molecule has 0 radical (unpaired) electrons. The lowest BCUT2D eigenvalue weighted by molar-refractivity contribution is -0.0504. The van der Waals surface area contributed by atoms with E-state index in [0.29, 0.717) is 0 Å². The molecule has 0 saturated carbocycles. The molecule has 3 atom stereocenters. The van der Waals surface area contributed by atoms with E-state index in [0.717, 1.165) is 31.1 Å². The third kappa shape index (κ3) is 2.85. The molecule has 0 aromatic carbocycles. The van der Waals surface area contributed by atoms with E-state index in [-0.39, 0.29) is 18.2 Å². The maximum Gasteiger partial charge on any atom is 0.0850 e. The Hall–Kier alpha value is -1.04. The number of ether oxygens (including phenoxy) is 1. The van der Waals surface area contributed by atoms with E-state index in [1.54, 1.807) is 12.4 Å². The topological polar surface area (TPSA) is 64.3 Å². The van der Waals surface area contributed by atoms with Crippen LogP contribution in [0.4, 0.5) is 0 Å². The molecule has 100 valence electrons. The molecule has 1 aromatic rings. The molecule has 18 heavy (non-hydrogen) atoms. The lowest BCUT2D eigenvalue weighted by Crippen LogP contribution is -2.50. The summed E-state index contributed by atoms with van der Waals surface area (Å²) in [6.07, 6.45) is 3.59. The number of nitrogens with zero attached hydrogens (tertiary/aromatic N) is 3. The van der Waals surface area contributed by atoms with Crippen molar-refractivity contribution in [3.05, 3.63) is 23.8 Å². The fraction of sp³-hybridized carbons (Fsp3) is 0.692. The van der Waals surface area contributed by atoms with Crippen molar-refractivity contribution in [1.29, 1.82) is 0 Å². The number of aryl methyl sites for hydroxylation is 1. The third-order valence-electron chi connectivity index (χ3n) is 3.57. The summed E-state index contributed by atoms with van der Waals surface area (Å²) in [4.78, 5) is 11.1.